The number of amides is 2. The number of nitrogens with one attached hydrogen (secondary N) is 1. The van der Waals surface area contributed by atoms with E-state index < -0.39 is 45.5 Å². The van der Waals surface area contributed by atoms with Gasteiger partial charge >= 0.3 is 6.09 Å². The largest absolute Gasteiger partial charge is 0.434 e. The van der Waals surface area contributed by atoms with Crippen LogP contribution >= 0.6 is 0 Å². The number of halogens is 2. The van der Waals surface area contributed by atoms with E-state index in [2.05, 4.69) is 5.32 Å². The molecule has 2 aliphatic heterocycles. The Bertz CT molecular complexity index is 894. The first-order chi connectivity index (χ1) is 12.7. The van der Waals surface area contributed by atoms with E-state index in [0.717, 1.165) is 17.0 Å². The quantitative estimate of drug-likeness (QED) is 0.820. The van der Waals surface area contributed by atoms with Crippen molar-refractivity contribution in [1.29, 1.82) is 0 Å². The zero-order valence-corrected chi connectivity index (χ0v) is 15.3. The number of benzene rings is 1. The van der Waals surface area contributed by atoms with Gasteiger partial charge in [-0.2, -0.15) is 0 Å². The van der Waals surface area contributed by atoms with Gasteiger partial charge in [0.15, 0.2) is 15.9 Å². The van der Waals surface area contributed by atoms with E-state index in [0.29, 0.717) is 6.54 Å². The summed E-state index contributed by atoms with van der Waals surface area (Å²) < 4.78 is 57.3. The maximum Gasteiger partial charge on any atom is 0.415 e. The molecule has 1 saturated carbocycles. The van der Waals surface area contributed by atoms with Gasteiger partial charge in [-0.05, 0) is 36.8 Å². The number of likely N-dealkylation sites (N-methyl/N-ethyl adjacent to an activating group) is 1. The first-order valence-corrected chi connectivity index (χ1v) is 10.5. The number of hydrogen-bond donors (Lipinski definition) is 1. The topological polar surface area (TPSA) is 92.8 Å². The van der Waals surface area contributed by atoms with Crippen molar-refractivity contribution in [2.45, 2.75) is 18.9 Å². The lowest BCUT2D eigenvalue weighted by atomic mass is 10.1. The van der Waals surface area contributed by atoms with Crippen molar-refractivity contribution < 1.29 is 31.5 Å². The fraction of sp³-hybridized carbons (Fsp3) is 0.529. The Balaban J connectivity index is 1.55. The van der Waals surface area contributed by atoms with E-state index in [4.69, 9.17) is 4.74 Å². The van der Waals surface area contributed by atoms with Crippen LogP contribution in [0.15, 0.2) is 12.1 Å². The number of hydrogen-bond acceptors (Lipinski definition) is 5. The van der Waals surface area contributed by atoms with Gasteiger partial charge in [-0.3, -0.25) is 9.69 Å². The molecule has 4 rings (SSSR count). The molecule has 146 valence electrons. The molecule has 27 heavy (non-hydrogen) atoms. The van der Waals surface area contributed by atoms with Crippen LogP contribution in [0.4, 0.5) is 19.3 Å². The molecule has 0 spiro atoms. The number of ether oxygens (including phenoxy) is 1. The highest BCUT2D eigenvalue weighted by molar-refractivity contribution is 7.91. The second kappa shape index (κ2) is 6.15. The predicted octanol–water partition coefficient (Wildman–Crippen LogP) is 1.18. The highest BCUT2D eigenvalue weighted by Gasteiger charge is 2.60. The molecule has 2 heterocycles. The molecule has 3 fully saturated rings. The molecule has 2 amide bonds. The van der Waals surface area contributed by atoms with Crippen molar-refractivity contribution >= 4 is 27.5 Å². The molecule has 4 atom stereocenters. The summed E-state index contributed by atoms with van der Waals surface area (Å²) in [5, 5.41) is 2.52. The van der Waals surface area contributed by atoms with Crippen molar-refractivity contribution in [2.24, 2.45) is 11.8 Å². The van der Waals surface area contributed by atoms with Crippen LogP contribution in [0.5, 0.6) is 0 Å². The van der Waals surface area contributed by atoms with Crippen LogP contribution < -0.4 is 10.2 Å². The molecule has 10 heteroatoms. The molecule has 1 aromatic carbocycles. The van der Waals surface area contributed by atoms with E-state index in [1.165, 1.54) is 0 Å². The summed E-state index contributed by atoms with van der Waals surface area (Å²) in [7, 11) is -3.11. The molecule has 1 aliphatic carbocycles. The summed E-state index contributed by atoms with van der Waals surface area (Å²) in [5.41, 5.74) is -0.166. The third kappa shape index (κ3) is 3.05. The van der Waals surface area contributed by atoms with Crippen molar-refractivity contribution in [3.63, 3.8) is 0 Å². The van der Waals surface area contributed by atoms with E-state index in [1.807, 2.05) is 0 Å². The molecule has 0 aromatic heterocycles. The lowest BCUT2D eigenvalue weighted by molar-refractivity contribution is -0.127. The molecular formula is C17H18F2N2O5S. The molecule has 0 bridgehead atoms. The summed E-state index contributed by atoms with van der Waals surface area (Å²) in [6, 6.07) is 2.06. The molecule has 0 radical (unpaired) electrons. The van der Waals surface area contributed by atoms with Crippen LogP contribution in [0.25, 0.3) is 0 Å². The Labute approximate surface area is 154 Å². The highest BCUT2D eigenvalue weighted by atomic mass is 32.2. The zero-order chi connectivity index (χ0) is 19.5. The Morgan fingerprint density at radius 1 is 1.26 bits per heavy atom. The van der Waals surface area contributed by atoms with E-state index >= 15 is 0 Å². The Hall–Kier alpha value is -2.23. The van der Waals surface area contributed by atoms with Gasteiger partial charge in [0, 0.05) is 12.1 Å². The SMILES string of the molecule is CCNC(=O)[C@H]1CN(c2cc(F)c(C3[C@H]4CS(=O)(=O)C[C@@H]34)c(F)c2)C(=O)O1. The average Bonchev–Trinajstić information content (AvgIpc) is 2.92. The third-order valence-corrected chi connectivity index (χ3v) is 7.17. The maximum absolute atomic E-state index is 14.6. The first-order valence-electron chi connectivity index (χ1n) is 8.67. The average molecular weight is 400 g/mol. The number of fused-ring (bicyclic) bond motifs is 1. The molecule has 1 N–H and O–H groups in total. The number of rotatable bonds is 4. The van der Waals surface area contributed by atoms with Gasteiger partial charge in [-0.15, -0.1) is 0 Å². The highest BCUT2D eigenvalue weighted by Crippen LogP contribution is 2.60. The number of anilines is 1. The summed E-state index contributed by atoms with van der Waals surface area (Å²) >= 11 is 0. The minimum absolute atomic E-state index is 0.0380. The monoisotopic (exact) mass is 400 g/mol. The molecule has 2 saturated heterocycles. The van der Waals surface area contributed by atoms with Crippen LogP contribution in [0.1, 0.15) is 18.4 Å². The van der Waals surface area contributed by atoms with Gasteiger partial charge < -0.3 is 10.1 Å². The molecule has 7 nitrogen and oxygen atoms in total. The van der Waals surface area contributed by atoms with Gasteiger partial charge in [0.2, 0.25) is 0 Å². The molecular weight excluding hydrogens is 382 g/mol. The summed E-state index contributed by atoms with van der Waals surface area (Å²) in [6.45, 7) is 1.94. The lowest BCUT2D eigenvalue weighted by Crippen LogP contribution is -2.37. The van der Waals surface area contributed by atoms with E-state index in [1.54, 1.807) is 6.92 Å². The molecule has 1 unspecified atom stereocenters. The lowest BCUT2D eigenvalue weighted by Gasteiger charge is -2.16. The Kier molecular flexibility index (Phi) is 4.13. The zero-order valence-electron chi connectivity index (χ0n) is 14.4. The van der Waals surface area contributed by atoms with Crippen LogP contribution in [0.2, 0.25) is 0 Å². The van der Waals surface area contributed by atoms with Gasteiger partial charge in [-0.25, -0.2) is 22.0 Å². The number of sulfone groups is 1. The van der Waals surface area contributed by atoms with Crippen LogP contribution in [0.3, 0.4) is 0 Å². The van der Waals surface area contributed by atoms with E-state index in [-0.39, 0.29) is 41.1 Å². The minimum atomic E-state index is -3.11. The smallest absolute Gasteiger partial charge is 0.415 e. The number of carbonyl (C=O) groups is 2. The van der Waals surface area contributed by atoms with Gasteiger partial charge in [-0.1, -0.05) is 0 Å². The summed E-state index contributed by atoms with van der Waals surface area (Å²) in [5.74, 6) is -3.15. The third-order valence-electron chi connectivity index (χ3n) is 5.39. The van der Waals surface area contributed by atoms with Crippen molar-refractivity contribution in [1.82, 2.24) is 5.32 Å². The maximum atomic E-state index is 14.6. The van der Waals surface area contributed by atoms with Crippen LogP contribution in [-0.4, -0.2) is 51.1 Å². The number of nitrogens with zero attached hydrogens (tertiary/aromatic N) is 1. The second-order valence-electron chi connectivity index (χ2n) is 7.13. The Morgan fingerprint density at radius 2 is 1.85 bits per heavy atom. The fourth-order valence-electron chi connectivity index (χ4n) is 4.13. The second-order valence-corrected chi connectivity index (χ2v) is 9.28. The number of cyclic esters (lactones) is 1. The van der Waals surface area contributed by atoms with E-state index in [9.17, 15) is 26.8 Å². The summed E-state index contributed by atoms with van der Waals surface area (Å²) in [4.78, 5) is 24.8. The summed E-state index contributed by atoms with van der Waals surface area (Å²) in [6.07, 6.45) is -1.90. The molecule has 3 aliphatic rings. The van der Waals surface area contributed by atoms with Crippen LogP contribution in [-0.2, 0) is 19.4 Å². The fourth-order valence-corrected chi connectivity index (χ4v) is 6.34. The van der Waals surface area contributed by atoms with Crippen molar-refractivity contribution in [3.05, 3.63) is 29.3 Å². The minimum Gasteiger partial charge on any atom is -0.434 e. The van der Waals surface area contributed by atoms with Gasteiger partial charge in [0.25, 0.3) is 5.91 Å². The molecule has 1 aromatic rings. The van der Waals surface area contributed by atoms with Crippen molar-refractivity contribution in [3.8, 4) is 0 Å². The van der Waals surface area contributed by atoms with Gasteiger partial charge in [0.05, 0.1) is 23.7 Å². The van der Waals surface area contributed by atoms with Gasteiger partial charge in [0.1, 0.15) is 11.6 Å². The predicted molar refractivity (Wildman–Crippen MR) is 91.0 cm³/mol. The van der Waals surface area contributed by atoms with Crippen molar-refractivity contribution in [2.75, 3.05) is 29.5 Å². The standard InChI is InChI=1S/C17H18F2N2O5S/c1-2-20-16(22)13-5-21(17(23)26-13)8-3-11(18)15(12(19)4-8)14-9-6-27(24,25)7-10(9)14/h3-4,9-10,13-14H,2,5-7H2,1H3,(H,20,22)/t9-,10+,13-,14?/m1/s1. The normalized spacial score (nSPS) is 30.8. The Morgan fingerprint density at radius 3 is 2.41 bits per heavy atom. The van der Waals surface area contributed by atoms with Crippen LogP contribution in [0, 0.1) is 23.5 Å². The first kappa shape index (κ1) is 18.1. The number of carbonyl (C=O) groups excluding carboxylic acids is 2.